The van der Waals surface area contributed by atoms with Crippen molar-refractivity contribution in [3.05, 3.63) is 41.1 Å². The maximum atomic E-state index is 12.4. The van der Waals surface area contributed by atoms with Crippen LogP contribution in [0.5, 0.6) is 0 Å². The Morgan fingerprint density at radius 1 is 1.48 bits per heavy atom. The van der Waals surface area contributed by atoms with Gasteiger partial charge in [-0.3, -0.25) is 9.89 Å². The maximum absolute atomic E-state index is 12.4. The fourth-order valence-corrected chi connectivity index (χ4v) is 3.01. The largest absolute Gasteiger partial charge is 0.446 e. The van der Waals surface area contributed by atoms with Crippen LogP contribution < -0.4 is 10.6 Å². The van der Waals surface area contributed by atoms with E-state index in [-0.39, 0.29) is 17.6 Å². The molecule has 8 nitrogen and oxygen atoms in total. The molecule has 126 valence electrons. The van der Waals surface area contributed by atoms with E-state index in [2.05, 4.69) is 31.9 Å². The average molecular weight is 336 g/mol. The lowest BCUT2D eigenvalue weighted by Gasteiger charge is -2.03. The summed E-state index contributed by atoms with van der Waals surface area (Å²) in [6, 6.07) is 5.74. The number of nitrogens with zero attached hydrogens (tertiary/aromatic N) is 3. The number of hydrogen-bond donors (Lipinski definition) is 3. The van der Waals surface area contributed by atoms with Gasteiger partial charge in [-0.15, -0.1) is 0 Å². The third kappa shape index (κ3) is 2.75. The number of anilines is 1. The van der Waals surface area contributed by atoms with Gasteiger partial charge in [-0.1, -0.05) is 0 Å². The van der Waals surface area contributed by atoms with Gasteiger partial charge >= 0.3 is 0 Å². The molecule has 0 bridgehead atoms. The van der Waals surface area contributed by atoms with Crippen molar-refractivity contribution < 1.29 is 9.21 Å². The molecule has 3 heterocycles. The molecular weight excluding hydrogens is 320 g/mol. The lowest BCUT2D eigenvalue weighted by atomic mass is 10.1. The van der Waals surface area contributed by atoms with Gasteiger partial charge in [-0.2, -0.15) is 10.4 Å². The number of fused-ring (bicyclic) bond motifs is 1. The summed E-state index contributed by atoms with van der Waals surface area (Å²) in [5.74, 6) is 0.545. The topological polar surface area (TPSA) is 120 Å². The molecule has 1 aromatic carbocycles. The Hall–Kier alpha value is -3.18. The molecule has 3 aromatic rings. The first-order valence-corrected chi connectivity index (χ1v) is 8.04. The summed E-state index contributed by atoms with van der Waals surface area (Å²) in [6.07, 6.45) is 3.38. The number of aryl methyl sites for hydroxylation is 1. The summed E-state index contributed by atoms with van der Waals surface area (Å²) in [5, 5.41) is 22.8. The third-order valence-electron chi connectivity index (χ3n) is 4.37. The summed E-state index contributed by atoms with van der Waals surface area (Å²) in [7, 11) is 0. The highest BCUT2D eigenvalue weighted by Gasteiger charge is 2.23. The number of nitrogens with one attached hydrogen (secondary N) is 3. The van der Waals surface area contributed by atoms with E-state index in [9.17, 15) is 4.79 Å². The lowest BCUT2D eigenvalue weighted by molar-refractivity contribution is 0.102. The third-order valence-corrected chi connectivity index (χ3v) is 4.37. The van der Waals surface area contributed by atoms with E-state index in [4.69, 9.17) is 9.68 Å². The van der Waals surface area contributed by atoms with Crippen LogP contribution in [0.1, 0.15) is 46.4 Å². The normalized spacial score (nSPS) is 16.9. The second-order valence-electron chi connectivity index (χ2n) is 6.07. The molecule has 0 aliphatic carbocycles. The van der Waals surface area contributed by atoms with Crippen molar-refractivity contribution in [1.82, 2.24) is 20.5 Å². The number of rotatable bonds is 3. The molecular formula is C17H16N6O2. The van der Waals surface area contributed by atoms with Gasteiger partial charge in [0.2, 0.25) is 5.89 Å². The number of benzene rings is 1. The first kappa shape index (κ1) is 15.4. The highest BCUT2D eigenvalue weighted by molar-refractivity contribution is 6.06. The number of amides is 1. The van der Waals surface area contributed by atoms with E-state index in [1.54, 1.807) is 6.07 Å². The second-order valence-corrected chi connectivity index (χ2v) is 6.07. The molecule has 0 radical (unpaired) electrons. The average Bonchev–Trinajstić information content (AvgIpc) is 3.35. The van der Waals surface area contributed by atoms with Gasteiger partial charge in [0.05, 0.1) is 23.2 Å². The van der Waals surface area contributed by atoms with E-state index in [1.807, 2.05) is 13.0 Å². The zero-order chi connectivity index (χ0) is 17.4. The van der Waals surface area contributed by atoms with E-state index < -0.39 is 0 Å². The van der Waals surface area contributed by atoms with Gasteiger partial charge in [0.15, 0.2) is 11.5 Å². The Bertz CT molecular complexity index is 990. The summed E-state index contributed by atoms with van der Waals surface area (Å²) < 4.78 is 5.43. The zero-order valence-corrected chi connectivity index (χ0v) is 13.6. The maximum Gasteiger partial charge on any atom is 0.278 e. The van der Waals surface area contributed by atoms with Gasteiger partial charge in [0, 0.05) is 5.39 Å². The van der Waals surface area contributed by atoms with Crippen LogP contribution in [-0.4, -0.2) is 27.6 Å². The molecule has 0 saturated carbocycles. The molecule has 25 heavy (non-hydrogen) atoms. The Kier molecular flexibility index (Phi) is 3.71. The standard InChI is InChI=1S/C17H16N6O2/c1-9-5-11-13(6-10(9)7-18)22-23-15(11)21-16(24)14-8-25-17(20-14)12-3-2-4-19-12/h5-6,8,12,19H,2-4H2,1H3,(H2,21,22,23,24)/t12-/m0/s1. The molecule has 1 aliphatic rings. The number of nitriles is 1. The number of H-pyrrole nitrogens is 1. The van der Waals surface area contributed by atoms with Crippen LogP contribution in [0, 0.1) is 18.3 Å². The summed E-state index contributed by atoms with van der Waals surface area (Å²) in [6.45, 7) is 2.77. The smallest absolute Gasteiger partial charge is 0.278 e. The van der Waals surface area contributed by atoms with Crippen molar-refractivity contribution in [2.45, 2.75) is 25.8 Å². The van der Waals surface area contributed by atoms with Gasteiger partial charge in [0.1, 0.15) is 6.26 Å². The van der Waals surface area contributed by atoms with Crippen LogP contribution in [0.15, 0.2) is 22.8 Å². The van der Waals surface area contributed by atoms with Crippen LogP contribution in [0.2, 0.25) is 0 Å². The van der Waals surface area contributed by atoms with Gasteiger partial charge in [0.25, 0.3) is 5.91 Å². The molecule has 1 amide bonds. The molecule has 3 N–H and O–H groups in total. The fraction of sp³-hybridized carbons (Fsp3) is 0.294. The van der Waals surface area contributed by atoms with Crippen molar-refractivity contribution in [1.29, 1.82) is 5.26 Å². The number of carbonyl (C=O) groups is 1. The number of hydrogen-bond acceptors (Lipinski definition) is 6. The zero-order valence-electron chi connectivity index (χ0n) is 13.6. The molecule has 1 aliphatic heterocycles. The predicted octanol–water partition coefficient (Wildman–Crippen LogP) is 2.41. The van der Waals surface area contributed by atoms with Crippen LogP contribution in [0.3, 0.4) is 0 Å². The molecule has 0 spiro atoms. The van der Waals surface area contributed by atoms with E-state index >= 15 is 0 Å². The van der Waals surface area contributed by atoms with Crippen molar-refractivity contribution in [3.63, 3.8) is 0 Å². The van der Waals surface area contributed by atoms with Crippen LogP contribution in [0.25, 0.3) is 10.9 Å². The highest BCUT2D eigenvalue weighted by atomic mass is 16.3. The quantitative estimate of drug-likeness (QED) is 0.675. The summed E-state index contributed by atoms with van der Waals surface area (Å²) in [4.78, 5) is 16.7. The first-order valence-electron chi connectivity index (χ1n) is 8.04. The highest BCUT2D eigenvalue weighted by Crippen LogP contribution is 2.25. The number of aromatic amines is 1. The molecule has 8 heteroatoms. The van der Waals surface area contributed by atoms with Crippen LogP contribution >= 0.6 is 0 Å². The van der Waals surface area contributed by atoms with Crippen molar-refractivity contribution in [2.24, 2.45) is 0 Å². The fourth-order valence-electron chi connectivity index (χ4n) is 3.01. The Morgan fingerprint density at radius 3 is 3.12 bits per heavy atom. The first-order chi connectivity index (χ1) is 12.2. The minimum atomic E-state index is -0.386. The van der Waals surface area contributed by atoms with E-state index in [1.165, 1.54) is 6.26 Å². The second kappa shape index (κ2) is 6.03. The summed E-state index contributed by atoms with van der Waals surface area (Å²) >= 11 is 0. The molecule has 0 unspecified atom stereocenters. The van der Waals surface area contributed by atoms with E-state index in [0.717, 1.165) is 30.3 Å². The van der Waals surface area contributed by atoms with Gasteiger partial charge < -0.3 is 15.1 Å². The molecule has 1 atom stereocenters. The number of aromatic nitrogens is 3. The minimum Gasteiger partial charge on any atom is -0.446 e. The molecule has 4 rings (SSSR count). The van der Waals surface area contributed by atoms with Gasteiger partial charge in [-0.25, -0.2) is 4.98 Å². The monoisotopic (exact) mass is 336 g/mol. The van der Waals surface area contributed by atoms with E-state index in [0.29, 0.717) is 22.8 Å². The van der Waals surface area contributed by atoms with Crippen molar-refractivity contribution in [2.75, 3.05) is 11.9 Å². The molecule has 1 saturated heterocycles. The SMILES string of the molecule is Cc1cc2c(NC(=O)c3coc([C@@H]4CCCN4)n3)n[nH]c2cc1C#N. The molecule has 2 aromatic heterocycles. The Labute approximate surface area is 143 Å². The Balaban J connectivity index is 1.58. The minimum absolute atomic E-state index is 0.0693. The van der Waals surface area contributed by atoms with Crippen molar-refractivity contribution >= 4 is 22.6 Å². The van der Waals surface area contributed by atoms with Crippen LogP contribution in [-0.2, 0) is 0 Å². The summed E-state index contributed by atoms with van der Waals surface area (Å²) in [5.41, 5.74) is 2.29. The van der Waals surface area contributed by atoms with Crippen molar-refractivity contribution in [3.8, 4) is 6.07 Å². The number of oxazole rings is 1. The number of carbonyl (C=O) groups excluding carboxylic acids is 1. The lowest BCUT2D eigenvalue weighted by Crippen LogP contribution is -2.15. The van der Waals surface area contributed by atoms with Gasteiger partial charge in [-0.05, 0) is 44.0 Å². The Morgan fingerprint density at radius 2 is 2.36 bits per heavy atom. The predicted molar refractivity (Wildman–Crippen MR) is 90.0 cm³/mol. The molecule has 1 fully saturated rings. The van der Waals surface area contributed by atoms with Crippen LogP contribution in [0.4, 0.5) is 5.82 Å².